The largest absolute Gasteiger partial charge is 0.312 e. The molecule has 1 aromatic heterocycles. The van der Waals surface area contributed by atoms with Crippen LogP contribution in [0.4, 0.5) is 5.69 Å². The van der Waals surface area contributed by atoms with Gasteiger partial charge in [0.25, 0.3) is 0 Å². The number of hydrogen-bond acceptors (Lipinski definition) is 4. The van der Waals surface area contributed by atoms with Crippen LogP contribution in [0.1, 0.15) is 42.9 Å². The molecule has 1 unspecified atom stereocenters. The lowest BCUT2D eigenvalue weighted by Crippen LogP contribution is -2.49. The highest BCUT2D eigenvalue weighted by Crippen LogP contribution is 2.39. The van der Waals surface area contributed by atoms with Crippen molar-refractivity contribution in [1.29, 1.82) is 0 Å². The molecule has 2 aliphatic heterocycles. The Labute approximate surface area is 147 Å². The molecule has 1 aromatic carbocycles. The Morgan fingerprint density at radius 1 is 1.16 bits per heavy atom. The van der Waals surface area contributed by atoms with Crippen LogP contribution in [0.15, 0.2) is 24.3 Å². The molecule has 0 spiro atoms. The molecule has 5 rings (SSSR count). The molecule has 0 bridgehead atoms. The standard InChI is InChI=1S/C19H23N5O/c1-13(19(25)23-9-8-14-4-2-3-5-16(14)23)22-10-11-24-17(12-22)20-21-18(24)15-6-7-15/h2-5,13,15H,6-12H2,1H3. The summed E-state index contributed by atoms with van der Waals surface area (Å²) in [7, 11) is 0. The first kappa shape index (κ1) is 15.1. The van der Waals surface area contributed by atoms with Gasteiger partial charge in [-0.15, -0.1) is 10.2 Å². The molecular weight excluding hydrogens is 314 g/mol. The number of nitrogens with zero attached hydrogens (tertiary/aromatic N) is 5. The van der Waals surface area contributed by atoms with Gasteiger partial charge in [-0.1, -0.05) is 18.2 Å². The molecule has 130 valence electrons. The summed E-state index contributed by atoms with van der Waals surface area (Å²) in [6, 6.07) is 8.10. The summed E-state index contributed by atoms with van der Waals surface area (Å²) in [5, 5.41) is 8.79. The van der Waals surface area contributed by atoms with Gasteiger partial charge in [0.15, 0.2) is 0 Å². The normalized spacial score (nSPS) is 21.1. The fourth-order valence-electron chi connectivity index (χ4n) is 4.12. The first-order chi connectivity index (χ1) is 12.2. The van der Waals surface area contributed by atoms with Gasteiger partial charge >= 0.3 is 0 Å². The zero-order chi connectivity index (χ0) is 17.0. The number of rotatable bonds is 3. The first-order valence-electron chi connectivity index (χ1n) is 9.27. The average Bonchev–Trinajstić information content (AvgIpc) is 3.26. The minimum atomic E-state index is -0.138. The number of anilines is 1. The summed E-state index contributed by atoms with van der Waals surface area (Å²) in [6.45, 7) is 5.30. The summed E-state index contributed by atoms with van der Waals surface area (Å²) in [5.74, 6) is 2.98. The smallest absolute Gasteiger partial charge is 0.244 e. The minimum absolute atomic E-state index is 0.138. The topological polar surface area (TPSA) is 54.3 Å². The number of aromatic nitrogens is 3. The molecule has 25 heavy (non-hydrogen) atoms. The van der Waals surface area contributed by atoms with E-state index in [0.717, 1.165) is 43.4 Å². The van der Waals surface area contributed by atoms with Crippen molar-refractivity contribution in [1.82, 2.24) is 19.7 Å². The highest BCUT2D eigenvalue weighted by molar-refractivity contribution is 5.98. The van der Waals surface area contributed by atoms with Gasteiger partial charge < -0.3 is 9.47 Å². The number of fused-ring (bicyclic) bond motifs is 2. The van der Waals surface area contributed by atoms with Crippen molar-refractivity contribution in [3.05, 3.63) is 41.5 Å². The molecule has 3 aliphatic rings. The average molecular weight is 337 g/mol. The van der Waals surface area contributed by atoms with E-state index in [0.29, 0.717) is 12.5 Å². The van der Waals surface area contributed by atoms with Crippen molar-refractivity contribution in [2.24, 2.45) is 0 Å². The number of carbonyl (C=O) groups is 1. The maximum Gasteiger partial charge on any atom is 0.244 e. The van der Waals surface area contributed by atoms with Crippen molar-refractivity contribution in [2.45, 2.75) is 51.2 Å². The van der Waals surface area contributed by atoms with Crippen LogP contribution in [-0.2, 0) is 24.3 Å². The molecule has 0 N–H and O–H groups in total. The number of carbonyl (C=O) groups excluding carboxylic acids is 1. The monoisotopic (exact) mass is 337 g/mol. The molecule has 6 nitrogen and oxygen atoms in total. The molecule has 2 aromatic rings. The van der Waals surface area contributed by atoms with E-state index in [-0.39, 0.29) is 11.9 Å². The second-order valence-corrected chi connectivity index (χ2v) is 7.42. The first-order valence-corrected chi connectivity index (χ1v) is 9.27. The fourth-order valence-corrected chi connectivity index (χ4v) is 4.12. The summed E-state index contributed by atoms with van der Waals surface area (Å²) in [4.78, 5) is 17.3. The van der Waals surface area contributed by atoms with Crippen LogP contribution in [0.2, 0.25) is 0 Å². The molecule has 1 saturated carbocycles. The predicted octanol–water partition coefficient (Wildman–Crippen LogP) is 1.95. The van der Waals surface area contributed by atoms with Crippen molar-refractivity contribution < 1.29 is 4.79 Å². The highest BCUT2D eigenvalue weighted by Gasteiger charge is 2.35. The van der Waals surface area contributed by atoms with Gasteiger partial charge in [0, 0.05) is 31.2 Å². The minimum Gasteiger partial charge on any atom is -0.312 e. The molecule has 3 heterocycles. The van der Waals surface area contributed by atoms with E-state index in [4.69, 9.17) is 0 Å². The van der Waals surface area contributed by atoms with Gasteiger partial charge in [-0.05, 0) is 37.8 Å². The molecule has 1 aliphatic carbocycles. The Balaban J connectivity index is 1.33. The van der Waals surface area contributed by atoms with Gasteiger partial charge in [-0.3, -0.25) is 9.69 Å². The van der Waals surface area contributed by atoms with E-state index in [1.54, 1.807) is 0 Å². The Kier molecular flexibility index (Phi) is 3.41. The molecule has 1 atom stereocenters. The second-order valence-electron chi connectivity index (χ2n) is 7.42. The van der Waals surface area contributed by atoms with Crippen LogP contribution in [0.5, 0.6) is 0 Å². The predicted molar refractivity (Wildman–Crippen MR) is 94.4 cm³/mol. The maximum atomic E-state index is 13.1. The van der Waals surface area contributed by atoms with Crippen molar-refractivity contribution >= 4 is 11.6 Å². The van der Waals surface area contributed by atoms with E-state index >= 15 is 0 Å². The number of hydrogen-bond donors (Lipinski definition) is 0. The second kappa shape index (κ2) is 5.66. The van der Waals surface area contributed by atoms with Crippen LogP contribution < -0.4 is 4.90 Å². The van der Waals surface area contributed by atoms with E-state index < -0.39 is 0 Å². The summed E-state index contributed by atoms with van der Waals surface area (Å²) >= 11 is 0. The lowest BCUT2D eigenvalue weighted by molar-refractivity contribution is -0.123. The van der Waals surface area contributed by atoms with Gasteiger partial charge in [-0.2, -0.15) is 0 Å². The van der Waals surface area contributed by atoms with Gasteiger partial charge in [0.1, 0.15) is 11.6 Å². The Bertz CT molecular complexity index is 825. The molecule has 0 radical (unpaired) electrons. The SMILES string of the molecule is CC(C(=O)N1CCc2ccccc21)N1CCn2c(nnc2C2CC2)C1. The van der Waals surface area contributed by atoms with Crippen LogP contribution in [0.25, 0.3) is 0 Å². The van der Waals surface area contributed by atoms with Gasteiger partial charge in [0.2, 0.25) is 5.91 Å². The zero-order valence-corrected chi connectivity index (χ0v) is 14.6. The molecule has 6 heteroatoms. The van der Waals surface area contributed by atoms with Crippen LogP contribution >= 0.6 is 0 Å². The van der Waals surface area contributed by atoms with Gasteiger partial charge in [0.05, 0.1) is 12.6 Å². The third-order valence-electron chi connectivity index (χ3n) is 5.81. The van der Waals surface area contributed by atoms with Crippen LogP contribution in [0.3, 0.4) is 0 Å². The lowest BCUT2D eigenvalue weighted by atomic mass is 10.1. The van der Waals surface area contributed by atoms with Crippen molar-refractivity contribution in [2.75, 3.05) is 18.0 Å². The molecule has 0 saturated heterocycles. The van der Waals surface area contributed by atoms with E-state index in [1.165, 1.54) is 18.4 Å². The Morgan fingerprint density at radius 2 is 2.00 bits per heavy atom. The Morgan fingerprint density at radius 3 is 2.84 bits per heavy atom. The maximum absolute atomic E-state index is 13.1. The quantitative estimate of drug-likeness (QED) is 0.859. The van der Waals surface area contributed by atoms with Crippen LogP contribution in [-0.4, -0.2) is 44.7 Å². The van der Waals surface area contributed by atoms with E-state index in [1.807, 2.05) is 24.0 Å². The summed E-state index contributed by atoms with van der Waals surface area (Å²) < 4.78 is 2.27. The highest BCUT2D eigenvalue weighted by atomic mass is 16.2. The third kappa shape index (κ3) is 2.47. The number of para-hydroxylation sites is 1. The van der Waals surface area contributed by atoms with E-state index in [2.05, 4.69) is 31.8 Å². The van der Waals surface area contributed by atoms with Crippen LogP contribution in [0, 0.1) is 0 Å². The zero-order valence-electron chi connectivity index (χ0n) is 14.6. The molecular formula is C19H23N5O. The lowest BCUT2D eigenvalue weighted by Gasteiger charge is -2.34. The van der Waals surface area contributed by atoms with Crippen molar-refractivity contribution in [3.8, 4) is 0 Å². The van der Waals surface area contributed by atoms with E-state index in [9.17, 15) is 4.79 Å². The van der Waals surface area contributed by atoms with Gasteiger partial charge in [-0.25, -0.2) is 0 Å². The number of amides is 1. The Hall–Kier alpha value is -2.21. The fraction of sp³-hybridized carbons (Fsp3) is 0.526. The third-order valence-corrected chi connectivity index (χ3v) is 5.81. The molecule has 1 amide bonds. The summed E-state index contributed by atoms with van der Waals surface area (Å²) in [6.07, 6.45) is 3.43. The summed E-state index contributed by atoms with van der Waals surface area (Å²) in [5.41, 5.74) is 2.35. The number of benzene rings is 1. The van der Waals surface area contributed by atoms with Crippen molar-refractivity contribution in [3.63, 3.8) is 0 Å². The molecule has 1 fully saturated rings.